The Hall–Kier alpha value is -2.29. The van der Waals surface area contributed by atoms with E-state index in [-0.39, 0.29) is 30.7 Å². The molecule has 0 spiro atoms. The van der Waals surface area contributed by atoms with E-state index < -0.39 is 11.8 Å². The van der Waals surface area contributed by atoms with Gasteiger partial charge in [-0.2, -0.15) is 0 Å². The Morgan fingerprint density at radius 3 is 2.18 bits per heavy atom. The second-order valence-electron chi connectivity index (χ2n) is 9.13. The minimum atomic E-state index is -0.576. The molecule has 2 atom stereocenters. The average molecular weight is 462 g/mol. The van der Waals surface area contributed by atoms with Crippen LogP contribution in [-0.4, -0.2) is 92.8 Å². The molecule has 1 rings (SSSR count). The zero-order valence-corrected chi connectivity index (χ0v) is 21.0. The normalized spacial score (nSPS) is 13.1. The summed E-state index contributed by atoms with van der Waals surface area (Å²) < 4.78 is 0. The van der Waals surface area contributed by atoms with E-state index in [1.165, 1.54) is 0 Å². The monoisotopic (exact) mass is 461 g/mol. The molecule has 3 amide bonds. The number of aryl methyl sites for hydroxylation is 1. The molecule has 0 aliphatic heterocycles. The van der Waals surface area contributed by atoms with Crippen molar-refractivity contribution in [2.24, 2.45) is 11.7 Å². The van der Waals surface area contributed by atoms with E-state index in [1.54, 1.807) is 11.9 Å². The number of benzene rings is 1. The maximum absolute atomic E-state index is 12.9. The van der Waals surface area contributed by atoms with Gasteiger partial charge in [0.1, 0.15) is 0 Å². The molecule has 0 saturated carbocycles. The second kappa shape index (κ2) is 15.5. The van der Waals surface area contributed by atoms with E-state index in [1.807, 2.05) is 58.4 Å². The topological polar surface area (TPSA) is 99.0 Å². The molecule has 0 bridgehead atoms. The third-order valence-corrected chi connectivity index (χ3v) is 5.82. The Morgan fingerprint density at radius 2 is 1.58 bits per heavy atom. The molecule has 3 N–H and O–H groups in total. The molecule has 0 aromatic heterocycles. The molecular formula is C25H43N5O3. The first-order valence-corrected chi connectivity index (χ1v) is 11.8. The van der Waals surface area contributed by atoms with Gasteiger partial charge in [0, 0.05) is 58.0 Å². The molecule has 0 radical (unpaired) electrons. The summed E-state index contributed by atoms with van der Waals surface area (Å²) in [5.74, 6) is -1.46. The van der Waals surface area contributed by atoms with Crippen LogP contribution in [0.3, 0.4) is 0 Å². The maximum Gasteiger partial charge on any atom is 0.230 e. The Kier molecular flexibility index (Phi) is 13.5. The van der Waals surface area contributed by atoms with Crippen LogP contribution < -0.4 is 11.1 Å². The van der Waals surface area contributed by atoms with Crippen LogP contribution in [0.25, 0.3) is 0 Å². The van der Waals surface area contributed by atoms with E-state index in [0.717, 1.165) is 25.2 Å². The number of imide groups is 1. The van der Waals surface area contributed by atoms with Crippen molar-refractivity contribution in [3.05, 3.63) is 35.9 Å². The molecule has 33 heavy (non-hydrogen) atoms. The smallest absolute Gasteiger partial charge is 0.230 e. The lowest BCUT2D eigenvalue weighted by molar-refractivity contribution is -0.138. The van der Waals surface area contributed by atoms with E-state index >= 15 is 0 Å². The minimum Gasteiger partial charge on any atom is -0.344 e. The van der Waals surface area contributed by atoms with Crippen molar-refractivity contribution in [1.82, 2.24) is 20.0 Å². The van der Waals surface area contributed by atoms with E-state index in [4.69, 9.17) is 5.73 Å². The van der Waals surface area contributed by atoms with Crippen molar-refractivity contribution in [3.63, 3.8) is 0 Å². The number of hydrogen-bond acceptors (Lipinski definition) is 6. The maximum atomic E-state index is 12.9. The summed E-state index contributed by atoms with van der Waals surface area (Å²) in [6.07, 6.45) is 1.98. The van der Waals surface area contributed by atoms with E-state index in [9.17, 15) is 14.4 Å². The predicted molar refractivity (Wildman–Crippen MR) is 133 cm³/mol. The molecule has 0 saturated heterocycles. The summed E-state index contributed by atoms with van der Waals surface area (Å²) in [6, 6.07) is 9.56. The summed E-state index contributed by atoms with van der Waals surface area (Å²) in [5.41, 5.74) is 6.93. The third kappa shape index (κ3) is 12.5. The van der Waals surface area contributed by atoms with Gasteiger partial charge < -0.3 is 20.4 Å². The van der Waals surface area contributed by atoms with Crippen LogP contribution in [0.4, 0.5) is 0 Å². The highest BCUT2D eigenvalue weighted by Crippen LogP contribution is 2.16. The summed E-state index contributed by atoms with van der Waals surface area (Å²) in [6.45, 7) is 5.10. The molecule has 0 heterocycles. The van der Waals surface area contributed by atoms with Gasteiger partial charge in [-0.05, 0) is 46.0 Å². The van der Waals surface area contributed by atoms with Gasteiger partial charge in [0.25, 0.3) is 0 Å². The molecule has 186 valence electrons. The van der Waals surface area contributed by atoms with Crippen molar-refractivity contribution >= 4 is 17.7 Å². The van der Waals surface area contributed by atoms with Crippen LogP contribution in [-0.2, 0) is 20.8 Å². The number of hydrogen-bond donors (Lipinski definition) is 2. The number of amides is 3. The summed E-state index contributed by atoms with van der Waals surface area (Å²) in [7, 11) is 7.86. The van der Waals surface area contributed by atoms with Gasteiger partial charge in [-0.15, -0.1) is 0 Å². The fourth-order valence-corrected chi connectivity index (χ4v) is 3.28. The van der Waals surface area contributed by atoms with Crippen LogP contribution >= 0.6 is 0 Å². The summed E-state index contributed by atoms with van der Waals surface area (Å²) >= 11 is 0. The first kappa shape index (κ1) is 28.7. The highest BCUT2D eigenvalue weighted by Gasteiger charge is 2.25. The molecule has 8 heteroatoms. The highest BCUT2D eigenvalue weighted by molar-refractivity contribution is 5.97. The SMILES string of the molecule is CC[C@@H](N)CC(=O)NC(=O)[C@H](CCc1ccccc1)CC(=O)N(C)CCN(C)CCN(C)C. The fourth-order valence-electron chi connectivity index (χ4n) is 3.28. The van der Waals surface area contributed by atoms with Crippen LogP contribution in [0.1, 0.15) is 38.2 Å². The number of likely N-dealkylation sites (N-methyl/N-ethyl adjacent to an activating group) is 3. The van der Waals surface area contributed by atoms with Crippen molar-refractivity contribution in [2.75, 3.05) is 54.4 Å². The standard InChI is InChI=1S/C25H43N5O3/c1-6-22(26)19-23(31)27-25(33)21(13-12-20-10-8-7-9-11-20)18-24(32)30(5)17-16-29(4)15-14-28(2)3/h7-11,21-22H,6,12-19,26H2,1-5H3,(H,27,31,33)/t21-,22-/m1/s1. The highest BCUT2D eigenvalue weighted by atomic mass is 16.2. The van der Waals surface area contributed by atoms with Crippen LogP contribution in [0, 0.1) is 5.92 Å². The largest absolute Gasteiger partial charge is 0.344 e. The predicted octanol–water partition coefficient (Wildman–Crippen LogP) is 1.35. The van der Waals surface area contributed by atoms with Gasteiger partial charge in [0.2, 0.25) is 17.7 Å². The van der Waals surface area contributed by atoms with Gasteiger partial charge >= 0.3 is 0 Å². The minimum absolute atomic E-state index is 0.0731. The molecule has 1 aromatic rings. The molecule has 0 aliphatic rings. The first-order valence-electron chi connectivity index (χ1n) is 11.8. The van der Waals surface area contributed by atoms with Crippen molar-refractivity contribution in [1.29, 1.82) is 0 Å². The van der Waals surface area contributed by atoms with Crippen LogP contribution in [0.2, 0.25) is 0 Å². The Labute approximate surface area is 199 Å². The fraction of sp³-hybridized carbons (Fsp3) is 0.640. The van der Waals surface area contributed by atoms with E-state index in [0.29, 0.717) is 25.8 Å². The van der Waals surface area contributed by atoms with Gasteiger partial charge in [0.05, 0.1) is 0 Å². The first-order chi connectivity index (χ1) is 15.6. The molecular weight excluding hydrogens is 418 g/mol. The molecule has 8 nitrogen and oxygen atoms in total. The molecule has 0 fully saturated rings. The lowest BCUT2D eigenvalue weighted by Crippen LogP contribution is -2.42. The summed E-state index contributed by atoms with van der Waals surface area (Å²) in [5, 5.41) is 2.46. The number of nitrogens with two attached hydrogens (primary N) is 1. The molecule has 0 aliphatic carbocycles. The lowest BCUT2D eigenvalue weighted by atomic mass is 9.94. The quantitative estimate of drug-likeness (QED) is 0.409. The van der Waals surface area contributed by atoms with Gasteiger partial charge in [0.15, 0.2) is 0 Å². The van der Waals surface area contributed by atoms with Crippen molar-refractivity contribution in [2.45, 2.75) is 45.1 Å². The Morgan fingerprint density at radius 1 is 0.939 bits per heavy atom. The number of carbonyl (C=O) groups is 3. The van der Waals surface area contributed by atoms with Crippen molar-refractivity contribution in [3.8, 4) is 0 Å². The Bertz CT molecular complexity index is 726. The lowest BCUT2D eigenvalue weighted by Gasteiger charge is -2.25. The zero-order valence-electron chi connectivity index (χ0n) is 21.0. The van der Waals surface area contributed by atoms with Crippen LogP contribution in [0.15, 0.2) is 30.3 Å². The number of nitrogens with one attached hydrogen (secondary N) is 1. The molecule has 0 unspecified atom stereocenters. The zero-order chi connectivity index (χ0) is 24.8. The second-order valence-corrected chi connectivity index (χ2v) is 9.13. The number of carbonyl (C=O) groups excluding carboxylic acids is 3. The van der Waals surface area contributed by atoms with Gasteiger partial charge in [-0.25, -0.2) is 0 Å². The van der Waals surface area contributed by atoms with E-state index in [2.05, 4.69) is 15.1 Å². The number of rotatable bonds is 15. The van der Waals surface area contributed by atoms with Crippen molar-refractivity contribution < 1.29 is 14.4 Å². The number of nitrogens with zero attached hydrogens (tertiary/aromatic N) is 3. The van der Waals surface area contributed by atoms with Crippen LogP contribution in [0.5, 0.6) is 0 Å². The van der Waals surface area contributed by atoms with Gasteiger partial charge in [-0.3, -0.25) is 19.7 Å². The Balaban J connectivity index is 2.69. The third-order valence-electron chi connectivity index (χ3n) is 5.82. The molecule has 1 aromatic carbocycles. The summed E-state index contributed by atoms with van der Waals surface area (Å²) in [4.78, 5) is 43.9. The average Bonchev–Trinajstić information content (AvgIpc) is 2.78. The van der Waals surface area contributed by atoms with Gasteiger partial charge in [-0.1, -0.05) is 37.3 Å².